The highest BCUT2D eigenvalue weighted by atomic mass is 32.2. The Balaban J connectivity index is 1.66. The van der Waals surface area contributed by atoms with Crippen molar-refractivity contribution in [2.75, 3.05) is 31.5 Å². The number of benzene rings is 2. The number of rotatable bonds is 7. The average Bonchev–Trinajstić information content (AvgIpc) is 3.22. The van der Waals surface area contributed by atoms with Crippen LogP contribution in [0.5, 0.6) is 11.5 Å². The van der Waals surface area contributed by atoms with Crippen molar-refractivity contribution in [3.63, 3.8) is 0 Å². The molecule has 1 fully saturated rings. The van der Waals surface area contributed by atoms with Gasteiger partial charge in [0.25, 0.3) is 15.9 Å². The van der Waals surface area contributed by atoms with Crippen LogP contribution in [0.1, 0.15) is 18.4 Å². The second-order valence-electron chi connectivity index (χ2n) is 6.64. The number of hydrogen-bond donors (Lipinski definition) is 1. The number of likely N-dealkylation sites (tertiary alicyclic amines) is 1. The van der Waals surface area contributed by atoms with Gasteiger partial charge in [-0.05, 0) is 67.8 Å². The van der Waals surface area contributed by atoms with Gasteiger partial charge in [-0.15, -0.1) is 0 Å². The molecule has 0 saturated carbocycles. The van der Waals surface area contributed by atoms with Gasteiger partial charge in [0.05, 0.1) is 12.0 Å². The van der Waals surface area contributed by atoms with Crippen LogP contribution in [-0.4, -0.2) is 46.0 Å². The van der Waals surface area contributed by atoms with Gasteiger partial charge < -0.3 is 14.4 Å². The molecule has 0 unspecified atom stereocenters. The Morgan fingerprint density at radius 3 is 2.39 bits per heavy atom. The second-order valence-corrected chi connectivity index (χ2v) is 8.32. The fraction of sp³-hybridized carbons (Fsp3) is 0.350. The van der Waals surface area contributed by atoms with Crippen LogP contribution in [-0.2, 0) is 14.8 Å². The number of ether oxygens (including phenoxy) is 2. The number of carbonyl (C=O) groups is 1. The van der Waals surface area contributed by atoms with Crippen LogP contribution in [0.15, 0.2) is 47.4 Å². The lowest BCUT2D eigenvalue weighted by atomic mass is 10.2. The zero-order valence-corrected chi connectivity index (χ0v) is 16.8. The summed E-state index contributed by atoms with van der Waals surface area (Å²) in [7, 11) is -2.19. The topological polar surface area (TPSA) is 84.9 Å². The van der Waals surface area contributed by atoms with Crippen LogP contribution in [0.25, 0.3) is 0 Å². The van der Waals surface area contributed by atoms with Gasteiger partial charge in [-0.25, -0.2) is 8.42 Å². The van der Waals surface area contributed by atoms with E-state index in [9.17, 15) is 13.2 Å². The fourth-order valence-electron chi connectivity index (χ4n) is 3.02. The lowest BCUT2D eigenvalue weighted by molar-refractivity contribution is -0.132. The molecule has 1 heterocycles. The van der Waals surface area contributed by atoms with Gasteiger partial charge in [-0.3, -0.25) is 9.52 Å². The smallest absolute Gasteiger partial charge is 0.261 e. The zero-order valence-electron chi connectivity index (χ0n) is 16.0. The van der Waals surface area contributed by atoms with E-state index in [0.29, 0.717) is 22.7 Å². The minimum absolute atomic E-state index is 0.0446. The summed E-state index contributed by atoms with van der Waals surface area (Å²) in [4.78, 5) is 14.0. The first-order valence-electron chi connectivity index (χ1n) is 9.07. The molecule has 1 N–H and O–H groups in total. The zero-order chi connectivity index (χ0) is 20.1. The van der Waals surface area contributed by atoms with E-state index in [1.165, 1.54) is 12.1 Å². The Hall–Kier alpha value is -2.74. The van der Waals surface area contributed by atoms with E-state index in [-0.39, 0.29) is 17.4 Å². The van der Waals surface area contributed by atoms with Crippen molar-refractivity contribution in [1.82, 2.24) is 4.90 Å². The quantitative estimate of drug-likeness (QED) is 0.767. The predicted octanol–water partition coefficient (Wildman–Crippen LogP) is 2.81. The average molecular weight is 404 g/mol. The van der Waals surface area contributed by atoms with Crippen molar-refractivity contribution < 1.29 is 22.7 Å². The normalized spacial score (nSPS) is 14.0. The summed E-state index contributed by atoms with van der Waals surface area (Å²) in [6.07, 6.45) is 2.05. The van der Waals surface area contributed by atoms with E-state index in [0.717, 1.165) is 25.9 Å². The van der Waals surface area contributed by atoms with Crippen molar-refractivity contribution in [2.45, 2.75) is 24.7 Å². The Morgan fingerprint density at radius 1 is 1.11 bits per heavy atom. The molecule has 3 rings (SSSR count). The van der Waals surface area contributed by atoms with Gasteiger partial charge in [0, 0.05) is 18.8 Å². The van der Waals surface area contributed by atoms with Crippen LogP contribution in [0.2, 0.25) is 0 Å². The van der Waals surface area contributed by atoms with Crippen LogP contribution in [0.4, 0.5) is 5.69 Å². The third-order valence-electron chi connectivity index (χ3n) is 4.61. The minimum atomic E-state index is -3.74. The van der Waals surface area contributed by atoms with E-state index in [2.05, 4.69) is 4.72 Å². The van der Waals surface area contributed by atoms with Gasteiger partial charge in [0.2, 0.25) is 0 Å². The van der Waals surface area contributed by atoms with Crippen LogP contribution in [0, 0.1) is 6.92 Å². The molecule has 2 aromatic rings. The molecular formula is C20H24N2O5S. The standard InChI is InChI=1S/C20H24N2O5S/c1-15-13-18(28(24,25)21-16-5-7-17(26-2)8-6-16)9-10-19(15)27-14-20(23)22-11-3-4-12-22/h5-10,13,21H,3-4,11-12,14H2,1-2H3. The third-order valence-corrected chi connectivity index (χ3v) is 5.99. The molecule has 0 aromatic heterocycles. The summed E-state index contributed by atoms with van der Waals surface area (Å²) in [5.41, 5.74) is 1.09. The second kappa shape index (κ2) is 8.52. The van der Waals surface area contributed by atoms with Gasteiger partial charge in [0.15, 0.2) is 6.61 Å². The predicted molar refractivity (Wildman–Crippen MR) is 106 cm³/mol. The first-order chi connectivity index (χ1) is 13.4. The molecule has 1 amide bonds. The number of aryl methyl sites for hydroxylation is 1. The van der Waals surface area contributed by atoms with E-state index < -0.39 is 10.0 Å². The molecule has 1 aliphatic rings. The Morgan fingerprint density at radius 2 is 1.79 bits per heavy atom. The van der Waals surface area contributed by atoms with Gasteiger partial charge in [0.1, 0.15) is 11.5 Å². The van der Waals surface area contributed by atoms with Crippen LogP contribution in [0.3, 0.4) is 0 Å². The maximum Gasteiger partial charge on any atom is 0.261 e. The lowest BCUT2D eigenvalue weighted by Crippen LogP contribution is -2.32. The highest BCUT2D eigenvalue weighted by Crippen LogP contribution is 2.24. The molecule has 8 heteroatoms. The number of anilines is 1. The van der Waals surface area contributed by atoms with E-state index in [1.54, 1.807) is 49.3 Å². The highest BCUT2D eigenvalue weighted by molar-refractivity contribution is 7.92. The molecule has 0 bridgehead atoms. The van der Waals surface area contributed by atoms with Crippen molar-refractivity contribution in [2.24, 2.45) is 0 Å². The maximum absolute atomic E-state index is 12.6. The molecule has 150 valence electrons. The fourth-order valence-corrected chi connectivity index (χ4v) is 4.16. The summed E-state index contributed by atoms with van der Waals surface area (Å²) < 4.78 is 38.4. The molecule has 28 heavy (non-hydrogen) atoms. The maximum atomic E-state index is 12.6. The van der Waals surface area contributed by atoms with Crippen molar-refractivity contribution in [3.05, 3.63) is 48.0 Å². The number of nitrogens with one attached hydrogen (secondary N) is 1. The monoisotopic (exact) mass is 404 g/mol. The molecule has 0 spiro atoms. The number of amides is 1. The van der Waals surface area contributed by atoms with E-state index in [4.69, 9.17) is 9.47 Å². The minimum Gasteiger partial charge on any atom is -0.497 e. The molecule has 0 radical (unpaired) electrons. The Labute approximate surface area is 165 Å². The summed E-state index contributed by atoms with van der Waals surface area (Å²) in [6, 6.07) is 11.2. The molecular weight excluding hydrogens is 380 g/mol. The number of methoxy groups -OCH3 is 1. The summed E-state index contributed by atoms with van der Waals surface area (Å²) in [6.45, 7) is 3.25. The highest BCUT2D eigenvalue weighted by Gasteiger charge is 2.19. The van der Waals surface area contributed by atoms with Crippen molar-refractivity contribution in [1.29, 1.82) is 0 Å². The van der Waals surface area contributed by atoms with E-state index >= 15 is 0 Å². The number of nitrogens with zero attached hydrogens (tertiary/aromatic N) is 1. The first kappa shape index (κ1) is 20.0. The first-order valence-corrected chi connectivity index (χ1v) is 10.6. The third kappa shape index (κ3) is 4.75. The lowest BCUT2D eigenvalue weighted by Gasteiger charge is -2.16. The van der Waals surface area contributed by atoms with Crippen molar-refractivity contribution >= 4 is 21.6 Å². The Bertz CT molecular complexity index is 936. The Kier molecular flexibility index (Phi) is 6.08. The molecule has 7 nitrogen and oxygen atoms in total. The van der Waals surface area contributed by atoms with Crippen LogP contribution < -0.4 is 14.2 Å². The summed E-state index contributed by atoms with van der Waals surface area (Å²) in [5.74, 6) is 1.09. The number of hydrogen-bond acceptors (Lipinski definition) is 5. The number of carbonyl (C=O) groups excluding carboxylic acids is 1. The SMILES string of the molecule is COc1ccc(NS(=O)(=O)c2ccc(OCC(=O)N3CCCC3)c(C)c2)cc1. The molecule has 0 atom stereocenters. The van der Waals surface area contributed by atoms with Crippen molar-refractivity contribution in [3.8, 4) is 11.5 Å². The molecule has 1 saturated heterocycles. The van der Waals surface area contributed by atoms with Gasteiger partial charge in [-0.2, -0.15) is 0 Å². The summed E-state index contributed by atoms with van der Waals surface area (Å²) >= 11 is 0. The molecule has 2 aromatic carbocycles. The molecule has 0 aliphatic carbocycles. The largest absolute Gasteiger partial charge is 0.497 e. The van der Waals surface area contributed by atoms with Gasteiger partial charge in [-0.1, -0.05) is 0 Å². The van der Waals surface area contributed by atoms with E-state index in [1.807, 2.05) is 0 Å². The van der Waals surface area contributed by atoms with Crippen LogP contribution >= 0.6 is 0 Å². The van der Waals surface area contributed by atoms with Gasteiger partial charge >= 0.3 is 0 Å². The summed E-state index contributed by atoms with van der Waals surface area (Å²) in [5, 5.41) is 0. The molecule has 1 aliphatic heterocycles. The number of sulfonamides is 1.